The highest BCUT2D eigenvalue weighted by molar-refractivity contribution is 7.86. The fraction of sp³-hybridized carbons (Fsp3) is 0.400. The summed E-state index contributed by atoms with van der Waals surface area (Å²) in [4.78, 5) is 25.6. The Hall–Kier alpha value is -3.50. The van der Waals surface area contributed by atoms with Gasteiger partial charge in [-0.15, -0.1) is 13.2 Å². The number of halogens is 1. The van der Waals surface area contributed by atoms with Gasteiger partial charge in [0.05, 0.1) is 31.9 Å². The van der Waals surface area contributed by atoms with E-state index in [0.717, 1.165) is 30.2 Å². The van der Waals surface area contributed by atoms with Gasteiger partial charge in [-0.2, -0.15) is 8.42 Å². The van der Waals surface area contributed by atoms with Crippen molar-refractivity contribution in [1.82, 2.24) is 5.32 Å². The van der Waals surface area contributed by atoms with Crippen LogP contribution in [0.25, 0.3) is 11.1 Å². The van der Waals surface area contributed by atoms with Crippen LogP contribution in [0.3, 0.4) is 0 Å². The fourth-order valence-corrected chi connectivity index (χ4v) is 4.77. The van der Waals surface area contributed by atoms with Crippen molar-refractivity contribution in [3.05, 3.63) is 78.1 Å². The molecule has 0 spiro atoms. The predicted molar refractivity (Wildman–Crippen MR) is 153 cm³/mol. The Kier molecular flexibility index (Phi) is 12.5. The number of allylic oxidation sites excluding steroid dienone is 1. The second kappa shape index (κ2) is 15.3. The lowest BCUT2D eigenvalue weighted by Crippen LogP contribution is -2.40. The van der Waals surface area contributed by atoms with Crippen LogP contribution in [-0.2, 0) is 28.6 Å². The Labute approximate surface area is 236 Å². The molecule has 2 aromatic rings. The number of aryl methyl sites for hydroxylation is 2. The van der Waals surface area contributed by atoms with Gasteiger partial charge >= 0.3 is 5.97 Å². The maximum Gasteiger partial charge on any atom is 0.308 e. The van der Waals surface area contributed by atoms with Crippen molar-refractivity contribution in [2.75, 3.05) is 19.5 Å². The van der Waals surface area contributed by atoms with E-state index in [1.807, 2.05) is 31.2 Å². The van der Waals surface area contributed by atoms with E-state index in [4.69, 9.17) is 13.7 Å². The van der Waals surface area contributed by atoms with E-state index in [0.29, 0.717) is 17.9 Å². The van der Waals surface area contributed by atoms with Gasteiger partial charge in [0, 0.05) is 17.5 Å². The van der Waals surface area contributed by atoms with Gasteiger partial charge in [0.25, 0.3) is 16.0 Å². The largest absolute Gasteiger partial charge is 0.493 e. The third-order valence-electron chi connectivity index (χ3n) is 5.95. The van der Waals surface area contributed by atoms with E-state index in [-0.39, 0.29) is 24.2 Å². The van der Waals surface area contributed by atoms with Gasteiger partial charge in [0.1, 0.15) is 11.6 Å². The molecular weight excluding hydrogens is 537 g/mol. The lowest BCUT2D eigenvalue weighted by atomic mass is 9.92. The maximum atomic E-state index is 15.7. The van der Waals surface area contributed by atoms with Crippen molar-refractivity contribution < 1.29 is 36.1 Å². The minimum atomic E-state index is -4.00. The molecule has 0 radical (unpaired) electrons. The molecule has 0 aliphatic carbocycles. The molecule has 0 saturated carbocycles. The molecule has 2 atom stereocenters. The lowest BCUT2D eigenvalue weighted by molar-refractivity contribution is -0.144. The highest BCUT2D eigenvalue weighted by Gasteiger charge is 2.29. The van der Waals surface area contributed by atoms with Gasteiger partial charge in [-0.25, -0.2) is 4.39 Å². The van der Waals surface area contributed by atoms with Crippen LogP contribution in [0.2, 0.25) is 0 Å². The molecule has 0 heterocycles. The monoisotopic (exact) mass is 575 g/mol. The molecular formula is C30H38FNO7S. The number of nitrogens with one attached hydrogen (secondary N) is 1. The zero-order valence-electron chi connectivity index (χ0n) is 23.5. The van der Waals surface area contributed by atoms with Gasteiger partial charge in [0.15, 0.2) is 6.10 Å². The molecule has 1 amide bonds. The van der Waals surface area contributed by atoms with E-state index >= 15 is 4.39 Å². The van der Waals surface area contributed by atoms with E-state index in [1.165, 1.54) is 6.08 Å². The highest BCUT2D eigenvalue weighted by Crippen LogP contribution is 2.37. The molecule has 0 bridgehead atoms. The lowest BCUT2D eigenvalue weighted by Gasteiger charge is -2.24. The first kappa shape index (κ1) is 32.7. The van der Waals surface area contributed by atoms with Crippen molar-refractivity contribution in [3.63, 3.8) is 0 Å². The number of hydrogen-bond acceptors (Lipinski definition) is 7. The fourth-order valence-electron chi connectivity index (χ4n) is 4.18. The summed E-state index contributed by atoms with van der Waals surface area (Å²) >= 11 is 0. The van der Waals surface area contributed by atoms with Crippen LogP contribution in [0.1, 0.15) is 55.3 Å². The van der Waals surface area contributed by atoms with E-state index in [2.05, 4.69) is 18.5 Å². The molecule has 8 nitrogen and oxygen atoms in total. The molecule has 2 rings (SSSR count). The number of hydrogen-bond donors (Lipinski definition) is 1. The molecule has 0 saturated heterocycles. The van der Waals surface area contributed by atoms with Crippen molar-refractivity contribution >= 4 is 22.0 Å². The van der Waals surface area contributed by atoms with E-state index in [9.17, 15) is 18.0 Å². The summed E-state index contributed by atoms with van der Waals surface area (Å²) in [6, 6.07) is 7.66. The number of unbranched alkanes of at least 4 members (excludes halogenated alkanes) is 1. The Morgan fingerprint density at radius 1 is 1.12 bits per heavy atom. The van der Waals surface area contributed by atoms with E-state index < -0.39 is 46.4 Å². The van der Waals surface area contributed by atoms with Crippen LogP contribution in [0, 0.1) is 19.7 Å². The first-order chi connectivity index (χ1) is 18.9. The number of carbonyl (C=O) groups is 2. The molecule has 0 aromatic heterocycles. The van der Waals surface area contributed by atoms with Gasteiger partial charge in [-0.05, 0) is 68.5 Å². The molecule has 218 valence electrons. The number of benzene rings is 2. The number of carbonyl (C=O) groups excluding carboxylic acids is 2. The second-order valence-corrected chi connectivity index (χ2v) is 10.9. The molecule has 0 aliphatic heterocycles. The second-order valence-electron chi connectivity index (χ2n) is 9.31. The number of esters is 1. The highest BCUT2D eigenvalue weighted by atomic mass is 32.2. The summed E-state index contributed by atoms with van der Waals surface area (Å²) in [5.74, 6) is -1.52. The van der Waals surface area contributed by atoms with Gasteiger partial charge < -0.3 is 14.8 Å². The maximum absolute atomic E-state index is 15.7. The SMILES string of the molecule is C=CCCCOc1cccc(C)c1-c1cc(C)c(F)c([C@H](CC(=O)OCC)NC(=O)[C@@H](CC=C)OS(C)(=O)=O)c1. The first-order valence-corrected chi connectivity index (χ1v) is 14.8. The van der Waals surface area contributed by atoms with Gasteiger partial charge in [-0.3, -0.25) is 13.8 Å². The molecule has 10 heteroatoms. The van der Waals surface area contributed by atoms with Crippen molar-refractivity contribution in [2.24, 2.45) is 0 Å². The zero-order valence-corrected chi connectivity index (χ0v) is 24.3. The third-order valence-corrected chi connectivity index (χ3v) is 6.53. The molecule has 40 heavy (non-hydrogen) atoms. The minimum absolute atomic E-state index is 0.0361. The normalized spacial score (nSPS) is 12.7. The van der Waals surface area contributed by atoms with Crippen LogP contribution in [0.4, 0.5) is 4.39 Å². The van der Waals surface area contributed by atoms with Crippen LogP contribution >= 0.6 is 0 Å². The summed E-state index contributed by atoms with van der Waals surface area (Å²) in [6.45, 7) is 12.9. The summed E-state index contributed by atoms with van der Waals surface area (Å²) < 4.78 is 55.1. The topological polar surface area (TPSA) is 108 Å². The number of rotatable bonds is 16. The first-order valence-electron chi connectivity index (χ1n) is 13.0. The van der Waals surface area contributed by atoms with Crippen molar-refractivity contribution in [1.29, 1.82) is 0 Å². The minimum Gasteiger partial charge on any atom is -0.493 e. The average molecular weight is 576 g/mol. The quantitative estimate of drug-likeness (QED) is 0.122. The van der Waals surface area contributed by atoms with Crippen molar-refractivity contribution in [3.8, 4) is 16.9 Å². The van der Waals surface area contributed by atoms with Crippen molar-refractivity contribution in [2.45, 2.75) is 58.6 Å². The predicted octanol–water partition coefficient (Wildman–Crippen LogP) is 5.49. The van der Waals surface area contributed by atoms with Crippen LogP contribution in [-0.4, -0.2) is 45.9 Å². The van der Waals surface area contributed by atoms with Crippen LogP contribution in [0.5, 0.6) is 5.75 Å². The molecule has 2 aromatic carbocycles. The summed E-state index contributed by atoms with van der Waals surface area (Å²) in [5.41, 5.74) is 2.58. The Bertz CT molecular complexity index is 1320. The van der Waals surface area contributed by atoms with Crippen LogP contribution in [0.15, 0.2) is 55.6 Å². The third kappa shape index (κ3) is 9.60. The standard InChI is InChI=1S/C30H38FNO7S/c1-7-10-11-16-38-25-15-12-14-20(4)28(25)22-17-21(5)29(31)23(18-22)24(19-27(33)37-9-3)32-30(34)26(13-8-2)39-40(6,35)36/h7-8,12,14-15,17-18,24,26H,1-2,9-11,13,16,19H2,3-6H3,(H,32,34)/t24-,26+/m0/s1. The average Bonchev–Trinajstić information content (AvgIpc) is 2.87. The zero-order chi connectivity index (χ0) is 29.9. The van der Waals surface area contributed by atoms with E-state index in [1.54, 1.807) is 26.0 Å². The summed E-state index contributed by atoms with van der Waals surface area (Å²) in [6.07, 6.45) is 3.57. The Morgan fingerprint density at radius 2 is 1.85 bits per heavy atom. The molecule has 0 aliphatic rings. The Balaban J connectivity index is 2.59. The number of ether oxygens (including phenoxy) is 2. The smallest absolute Gasteiger partial charge is 0.308 e. The van der Waals surface area contributed by atoms with Crippen LogP contribution < -0.4 is 10.1 Å². The van der Waals surface area contributed by atoms with Gasteiger partial charge in [-0.1, -0.05) is 24.3 Å². The molecule has 1 N–H and O–H groups in total. The summed E-state index contributed by atoms with van der Waals surface area (Å²) in [5, 5.41) is 2.60. The molecule has 0 fully saturated rings. The summed E-state index contributed by atoms with van der Waals surface area (Å²) in [7, 11) is -4.00. The van der Waals surface area contributed by atoms with Gasteiger partial charge in [0.2, 0.25) is 0 Å². The number of amides is 1. The Morgan fingerprint density at radius 3 is 2.48 bits per heavy atom. The molecule has 0 unspecified atom stereocenters.